The zero-order chi connectivity index (χ0) is 13.0. The van der Waals surface area contributed by atoms with Crippen LogP contribution >= 0.6 is 0 Å². The van der Waals surface area contributed by atoms with Crippen molar-refractivity contribution in [2.75, 3.05) is 25.5 Å². The van der Waals surface area contributed by atoms with Gasteiger partial charge in [-0.25, -0.2) is 4.98 Å². The van der Waals surface area contributed by atoms with Crippen LogP contribution in [0.2, 0.25) is 0 Å². The fourth-order valence-electron chi connectivity index (χ4n) is 1.78. The quantitative estimate of drug-likeness (QED) is 0.799. The molecule has 0 aromatic carbocycles. The maximum atomic E-state index is 5.53. The van der Waals surface area contributed by atoms with E-state index in [1.54, 1.807) is 12.3 Å². The van der Waals surface area contributed by atoms with Gasteiger partial charge < -0.3 is 15.0 Å². The lowest BCUT2D eigenvalue weighted by Gasteiger charge is -2.16. The lowest BCUT2D eigenvalue weighted by Crippen LogP contribution is -2.27. The van der Waals surface area contributed by atoms with E-state index >= 15 is 0 Å². The Balaban J connectivity index is 1.77. The third kappa shape index (κ3) is 4.14. The van der Waals surface area contributed by atoms with Crippen molar-refractivity contribution < 1.29 is 4.74 Å². The molecule has 0 unspecified atom stereocenters. The zero-order valence-corrected chi connectivity index (χ0v) is 11.4. The summed E-state index contributed by atoms with van der Waals surface area (Å²) in [5.74, 6) is 1.26. The molecule has 0 saturated heterocycles. The summed E-state index contributed by atoms with van der Waals surface area (Å²) in [6.45, 7) is 5.85. The highest BCUT2D eigenvalue weighted by Crippen LogP contribution is 2.24. The molecule has 100 valence electrons. The summed E-state index contributed by atoms with van der Waals surface area (Å²) >= 11 is 0. The Bertz CT molecular complexity index is 379. The topological polar surface area (TPSA) is 50.3 Å². The van der Waals surface area contributed by atoms with Crippen molar-refractivity contribution in [3.8, 4) is 5.88 Å². The predicted molar refractivity (Wildman–Crippen MR) is 71.9 cm³/mol. The van der Waals surface area contributed by atoms with Crippen molar-refractivity contribution in [2.45, 2.75) is 38.8 Å². The molecule has 2 rings (SSSR count). The van der Waals surface area contributed by atoms with Crippen LogP contribution in [0.1, 0.15) is 26.7 Å². The van der Waals surface area contributed by atoms with Crippen LogP contribution in [0.3, 0.4) is 0 Å². The number of anilines is 1. The molecular weight excluding hydrogens is 228 g/mol. The van der Waals surface area contributed by atoms with E-state index in [1.807, 2.05) is 13.8 Å². The van der Waals surface area contributed by atoms with Gasteiger partial charge in [-0.2, -0.15) is 4.98 Å². The fraction of sp³-hybridized carbons (Fsp3) is 0.692. The van der Waals surface area contributed by atoms with E-state index in [1.165, 1.54) is 12.8 Å². The lowest BCUT2D eigenvalue weighted by atomic mass is 10.5. The third-order valence-electron chi connectivity index (χ3n) is 2.90. The van der Waals surface area contributed by atoms with E-state index in [4.69, 9.17) is 4.74 Å². The highest BCUT2D eigenvalue weighted by Gasteiger charge is 2.25. The molecule has 0 atom stereocenters. The molecule has 1 aromatic rings. The Hall–Kier alpha value is -1.36. The average molecular weight is 250 g/mol. The summed E-state index contributed by atoms with van der Waals surface area (Å²) in [6.07, 6.45) is 4.53. The number of likely N-dealkylation sites (N-methyl/N-ethyl adjacent to an activating group) is 1. The number of rotatable bonds is 7. The van der Waals surface area contributed by atoms with Gasteiger partial charge in [0, 0.05) is 31.4 Å². The number of nitrogens with zero attached hydrogens (tertiary/aromatic N) is 3. The van der Waals surface area contributed by atoms with Crippen molar-refractivity contribution in [1.29, 1.82) is 0 Å². The van der Waals surface area contributed by atoms with Gasteiger partial charge in [-0.15, -0.1) is 0 Å². The molecule has 1 aromatic heterocycles. The van der Waals surface area contributed by atoms with Crippen molar-refractivity contribution >= 4 is 5.95 Å². The lowest BCUT2D eigenvalue weighted by molar-refractivity contribution is 0.232. The molecule has 5 heteroatoms. The minimum atomic E-state index is 0.133. The molecule has 1 fully saturated rings. The Morgan fingerprint density at radius 3 is 2.94 bits per heavy atom. The summed E-state index contributed by atoms with van der Waals surface area (Å²) in [5, 5.41) is 3.23. The SMILES string of the molecule is CC(C)Oc1ccnc(NCCN(C)C2CC2)n1. The van der Waals surface area contributed by atoms with Gasteiger partial charge in [0.2, 0.25) is 11.8 Å². The van der Waals surface area contributed by atoms with Crippen LogP contribution in [-0.2, 0) is 0 Å². The van der Waals surface area contributed by atoms with Crippen LogP contribution in [0, 0.1) is 0 Å². The molecule has 0 spiro atoms. The predicted octanol–water partition coefficient (Wildman–Crippen LogP) is 1.77. The van der Waals surface area contributed by atoms with Gasteiger partial charge in [-0.1, -0.05) is 0 Å². The van der Waals surface area contributed by atoms with E-state index in [0.717, 1.165) is 19.1 Å². The molecule has 1 heterocycles. The highest BCUT2D eigenvalue weighted by atomic mass is 16.5. The number of aromatic nitrogens is 2. The molecule has 1 aliphatic carbocycles. The number of nitrogens with one attached hydrogen (secondary N) is 1. The van der Waals surface area contributed by atoms with Crippen LogP contribution in [0.4, 0.5) is 5.95 Å². The molecule has 0 radical (unpaired) electrons. The second-order valence-corrected chi connectivity index (χ2v) is 5.02. The largest absolute Gasteiger partial charge is 0.475 e. The van der Waals surface area contributed by atoms with E-state index in [2.05, 4.69) is 27.2 Å². The van der Waals surface area contributed by atoms with E-state index in [-0.39, 0.29) is 6.10 Å². The Labute approximate surface area is 109 Å². The van der Waals surface area contributed by atoms with Crippen LogP contribution in [-0.4, -0.2) is 47.2 Å². The average Bonchev–Trinajstić information content (AvgIpc) is 3.12. The summed E-state index contributed by atoms with van der Waals surface area (Å²) in [5.41, 5.74) is 0. The monoisotopic (exact) mass is 250 g/mol. The van der Waals surface area contributed by atoms with Crippen molar-refractivity contribution in [2.24, 2.45) is 0 Å². The Morgan fingerprint density at radius 2 is 2.28 bits per heavy atom. The number of ether oxygens (including phenoxy) is 1. The molecule has 0 amide bonds. The first-order chi connectivity index (χ1) is 8.65. The van der Waals surface area contributed by atoms with Crippen LogP contribution < -0.4 is 10.1 Å². The smallest absolute Gasteiger partial charge is 0.225 e. The molecule has 5 nitrogen and oxygen atoms in total. The van der Waals surface area contributed by atoms with Crippen molar-refractivity contribution in [3.05, 3.63) is 12.3 Å². The van der Waals surface area contributed by atoms with Crippen molar-refractivity contribution in [1.82, 2.24) is 14.9 Å². The van der Waals surface area contributed by atoms with Crippen LogP contribution in [0.5, 0.6) is 5.88 Å². The molecule has 1 aliphatic rings. The van der Waals surface area contributed by atoms with Gasteiger partial charge in [0.15, 0.2) is 0 Å². The maximum Gasteiger partial charge on any atom is 0.225 e. The number of hydrogen-bond donors (Lipinski definition) is 1. The van der Waals surface area contributed by atoms with E-state index in [0.29, 0.717) is 11.8 Å². The molecule has 1 saturated carbocycles. The fourth-order valence-corrected chi connectivity index (χ4v) is 1.78. The Kier molecular flexibility index (Phi) is 4.36. The summed E-state index contributed by atoms with van der Waals surface area (Å²) in [4.78, 5) is 10.9. The van der Waals surface area contributed by atoms with Crippen molar-refractivity contribution in [3.63, 3.8) is 0 Å². The van der Waals surface area contributed by atoms with Gasteiger partial charge in [0.25, 0.3) is 0 Å². The van der Waals surface area contributed by atoms with E-state index < -0.39 is 0 Å². The minimum Gasteiger partial charge on any atom is -0.475 e. The molecule has 0 aliphatic heterocycles. The highest BCUT2D eigenvalue weighted by molar-refractivity contribution is 5.27. The third-order valence-corrected chi connectivity index (χ3v) is 2.90. The standard InChI is InChI=1S/C13H22N4O/c1-10(2)18-12-6-7-14-13(16-12)15-8-9-17(3)11-4-5-11/h6-7,10-11H,4-5,8-9H2,1-3H3,(H,14,15,16). The first-order valence-electron chi connectivity index (χ1n) is 6.59. The van der Waals surface area contributed by atoms with Gasteiger partial charge in [0.05, 0.1) is 6.10 Å². The zero-order valence-electron chi connectivity index (χ0n) is 11.4. The molecular formula is C13H22N4O. The molecule has 1 N–H and O–H groups in total. The van der Waals surface area contributed by atoms with E-state index in [9.17, 15) is 0 Å². The van der Waals surface area contributed by atoms with Gasteiger partial charge in [0.1, 0.15) is 0 Å². The summed E-state index contributed by atoms with van der Waals surface area (Å²) in [6, 6.07) is 2.57. The summed E-state index contributed by atoms with van der Waals surface area (Å²) < 4.78 is 5.53. The normalized spacial score (nSPS) is 15.2. The minimum absolute atomic E-state index is 0.133. The maximum absolute atomic E-state index is 5.53. The second kappa shape index (κ2) is 6.00. The first-order valence-corrected chi connectivity index (χ1v) is 6.59. The second-order valence-electron chi connectivity index (χ2n) is 5.02. The first kappa shape index (κ1) is 13.1. The number of hydrogen-bond acceptors (Lipinski definition) is 5. The van der Waals surface area contributed by atoms with Gasteiger partial charge in [-0.05, 0) is 33.7 Å². The molecule has 18 heavy (non-hydrogen) atoms. The summed E-state index contributed by atoms with van der Waals surface area (Å²) in [7, 11) is 2.17. The van der Waals surface area contributed by atoms with Gasteiger partial charge >= 0.3 is 0 Å². The van der Waals surface area contributed by atoms with Crippen LogP contribution in [0.25, 0.3) is 0 Å². The van der Waals surface area contributed by atoms with Gasteiger partial charge in [-0.3, -0.25) is 0 Å². The van der Waals surface area contributed by atoms with Crippen LogP contribution in [0.15, 0.2) is 12.3 Å². The molecule has 0 bridgehead atoms. The Morgan fingerprint density at radius 1 is 1.50 bits per heavy atom.